The number of methoxy groups -OCH3 is 1. The fourth-order valence-corrected chi connectivity index (χ4v) is 4.57. The number of carbonyl (C=O) groups is 2. The second-order valence-corrected chi connectivity index (χ2v) is 8.56. The molecule has 0 saturated heterocycles. The molecule has 0 N–H and O–H groups in total. The fraction of sp³-hybridized carbons (Fsp3) is 0.167. The summed E-state index contributed by atoms with van der Waals surface area (Å²) in [5.41, 5.74) is 3.54. The van der Waals surface area contributed by atoms with Gasteiger partial charge in [0, 0.05) is 5.02 Å². The number of anilines is 1. The molecule has 0 bridgehead atoms. The van der Waals surface area contributed by atoms with Gasteiger partial charge in [0.25, 0.3) is 11.8 Å². The Morgan fingerprint density at radius 1 is 1.03 bits per heavy atom. The maximum absolute atomic E-state index is 13.6. The maximum atomic E-state index is 13.6. The van der Waals surface area contributed by atoms with Crippen molar-refractivity contribution < 1.29 is 18.7 Å². The second-order valence-electron chi connectivity index (χ2n) is 7.13. The highest BCUT2D eigenvalue weighted by Gasteiger charge is 2.41. The third-order valence-corrected chi connectivity index (χ3v) is 6.49. The van der Waals surface area contributed by atoms with E-state index in [2.05, 4.69) is 0 Å². The summed E-state index contributed by atoms with van der Waals surface area (Å²) >= 11 is 7.45. The van der Waals surface area contributed by atoms with Gasteiger partial charge in [-0.25, -0.2) is 4.90 Å². The van der Waals surface area contributed by atoms with Gasteiger partial charge in [0.2, 0.25) is 0 Å². The van der Waals surface area contributed by atoms with Crippen LogP contribution in [0.2, 0.25) is 5.02 Å². The summed E-state index contributed by atoms with van der Waals surface area (Å²) < 4.78 is 10.8. The molecular weight excluding hydrogens is 434 g/mol. The largest absolute Gasteiger partial charge is 0.495 e. The standard InChI is InChI=1S/C24H20ClNO4S/c1-14-6-7-16(11-15(14)2)21-22(31-13-18-5-4-10-30-18)24(28)26(23(21)27)19-12-17(25)8-9-20(19)29-3/h4-12H,13H2,1-3H3. The first-order chi connectivity index (χ1) is 14.9. The first-order valence-electron chi connectivity index (χ1n) is 9.60. The molecule has 1 aromatic heterocycles. The van der Waals surface area contributed by atoms with Crippen molar-refractivity contribution in [1.82, 2.24) is 0 Å². The molecule has 2 heterocycles. The lowest BCUT2D eigenvalue weighted by molar-refractivity contribution is -0.119. The normalized spacial score (nSPS) is 14.0. The van der Waals surface area contributed by atoms with E-state index in [-0.39, 0.29) is 0 Å². The van der Waals surface area contributed by atoms with Crippen molar-refractivity contribution in [3.8, 4) is 5.75 Å². The van der Waals surface area contributed by atoms with Gasteiger partial charge < -0.3 is 9.15 Å². The smallest absolute Gasteiger partial charge is 0.272 e. The van der Waals surface area contributed by atoms with Crippen molar-refractivity contribution in [2.75, 3.05) is 12.0 Å². The van der Waals surface area contributed by atoms with Gasteiger partial charge >= 0.3 is 0 Å². The summed E-state index contributed by atoms with van der Waals surface area (Å²) in [5.74, 6) is 0.723. The lowest BCUT2D eigenvalue weighted by Gasteiger charge is -2.18. The zero-order valence-corrected chi connectivity index (χ0v) is 18.8. The van der Waals surface area contributed by atoms with E-state index < -0.39 is 11.8 Å². The zero-order chi connectivity index (χ0) is 22.1. The van der Waals surface area contributed by atoms with Crippen molar-refractivity contribution in [3.05, 3.63) is 87.2 Å². The molecule has 4 rings (SSSR count). The summed E-state index contributed by atoms with van der Waals surface area (Å²) in [6, 6.07) is 14.2. The Kier molecular flexibility index (Phi) is 5.94. The van der Waals surface area contributed by atoms with Crippen LogP contribution >= 0.6 is 23.4 Å². The quantitative estimate of drug-likeness (QED) is 0.443. The van der Waals surface area contributed by atoms with Gasteiger partial charge in [-0.1, -0.05) is 29.8 Å². The lowest BCUT2D eigenvalue weighted by Crippen LogP contribution is -2.31. The molecule has 7 heteroatoms. The Morgan fingerprint density at radius 2 is 1.84 bits per heavy atom. The van der Waals surface area contributed by atoms with Crippen molar-refractivity contribution in [1.29, 1.82) is 0 Å². The Labute approximate surface area is 189 Å². The van der Waals surface area contributed by atoms with Crippen LogP contribution in [-0.2, 0) is 15.3 Å². The van der Waals surface area contributed by atoms with E-state index >= 15 is 0 Å². The highest BCUT2D eigenvalue weighted by Crippen LogP contribution is 2.43. The average molecular weight is 454 g/mol. The Balaban J connectivity index is 1.81. The van der Waals surface area contributed by atoms with Crippen LogP contribution in [0, 0.1) is 13.8 Å². The van der Waals surface area contributed by atoms with Gasteiger partial charge in [0.1, 0.15) is 11.5 Å². The van der Waals surface area contributed by atoms with Crippen molar-refractivity contribution in [2.45, 2.75) is 19.6 Å². The predicted molar refractivity (Wildman–Crippen MR) is 123 cm³/mol. The van der Waals surface area contributed by atoms with Crippen LogP contribution in [0.4, 0.5) is 5.69 Å². The number of carbonyl (C=O) groups excluding carboxylic acids is 2. The van der Waals surface area contributed by atoms with Gasteiger partial charge in [0.05, 0.1) is 35.3 Å². The van der Waals surface area contributed by atoms with Gasteiger partial charge in [-0.15, -0.1) is 11.8 Å². The SMILES string of the molecule is COc1ccc(Cl)cc1N1C(=O)C(SCc2ccco2)=C(c2ccc(C)c(C)c2)C1=O. The number of aryl methyl sites for hydroxylation is 2. The number of nitrogens with zero attached hydrogens (tertiary/aromatic N) is 1. The fourth-order valence-electron chi connectivity index (χ4n) is 3.39. The molecule has 0 atom stereocenters. The first-order valence-corrected chi connectivity index (χ1v) is 11.0. The summed E-state index contributed by atoms with van der Waals surface area (Å²) in [5, 5.41) is 0.404. The third-order valence-electron chi connectivity index (χ3n) is 5.16. The van der Waals surface area contributed by atoms with Crippen LogP contribution in [0.25, 0.3) is 5.57 Å². The molecule has 158 valence electrons. The molecule has 0 unspecified atom stereocenters. The Hall–Kier alpha value is -2.96. The minimum absolute atomic E-state index is 0.319. The van der Waals surface area contributed by atoms with E-state index in [1.807, 2.05) is 38.1 Å². The Bertz CT molecular complexity index is 1200. The van der Waals surface area contributed by atoms with Gasteiger partial charge in [0.15, 0.2) is 0 Å². The highest BCUT2D eigenvalue weighted by atomic mass is 35.5. The topological polar surface area (TPSA) is 59.8 Å². The number of imide groups is 1. The van der Waals surface area contributed by atoms with Crippen LogP contribution < -0.4 is 9.64 Å². The average Bonchev–Trinajstić information content (AvgIpc) is 3.34. The van der Waals surface area contributed by atoms with Gasteiger partial charge in [-0.2, -0.15) is 0 Å². The molecule has 0 fully saturated rings. The minimum Gasteiger partial charge on any atom is -0.495 e. The number of amides is 2. The predicted octanol–water partition coefficient (Wildman–Crippen LogP) is 5.78. The number of benzene rings is 2. The summed E-state index contributed by atoms with van der Waals surface area (Å²) in [7, 11) is 1.49. The van der Waals surface area contributed by atoms with Crippen molar-refractivity contribution in [3.63, 3.8) is 0 Å². The molecule has 0 saturated carbocycles. The van der Waals surface area contributed by atoms with E-state index in [0.29, 0.717) is 38.3 Å². The molecular formula is C24H20ClNO4S. The number of rotatable bonds is 6. The first kappa shape index (κ1) is 21.3. The molecule has 2 aromatic carbocycles. The summed E-state index contributed by atoms with van der Waals surface area (Å²) in [6.45, 7) is 3.99. The van der Waals surface area contributed by atoms with Crippen LogP contribution in [-0.4, -0.2) is 18.9 Å². The van der Waals surface area contributed by atoms with Crippen LogP contribution in [0.15, 0.2) is 64.1 Å². The maximum Gasteiger partial charge on any atom is 0.272 e. The number of hydrogen-bond acceptors (Lipinski definition) is 5. The van der Waals surface area contributed by atoms with Crippen molar-refractivity contribution in [2.24, 2.45) is 0 Å². The molecule has 1 aliphatic rings. The summed E-state index contributed by atoms with van der Waals surface area (Å²) in [4.78, 5) is 28.6. The van der Waals surface area contributed by atoms with Crippen molar-refractivity contribution >= 4 is 46.4 Å². The molecule has 0 aliphatic carbocycles. The molecule has 31 heavy (non-hydrogen) atoms. The third kappa shape index (κ3) is 4.01. The molecule has 1 aliphatic heterocycles. The molecule has 0 radical (unpaired) electrons. The van der Waals surface area contributed by atoms with Gasteiger partial charge in [-0.3, -0.25) is 9.59 Å². The molecule has 3 aromatic rings. The van der Waals surface area contributed by atoms with E-state index in [9.17, 15) is 9.59 Å². The van der Waals surface area contributed by atoms with Crippen LogP contribution in [0.5, 0.6) is 5.75 Å². The monoisotopic (exact) mass is 453 g/mol. The molecule has 5 nitrogen and oxygen atoms in total. The van der Waals surface area contributed by atoms with E-state index in [4.69, 9.17) is 20.8 Å². The number of furan rings is 1. The number of hydrogen-bond donors (Lipinski definition) is 0. The van der Waals surface area contributed by atoms with E-state index in [1.165, 1.54) is 18.9 Å². The number of halogens is 1. The zero-order valence-electron chi connectivity index (χ0n) is 17.3. The number of thioether (sulfide) groups is 1. The minimum atomic E-state index is -0.407. The lowest BCUT2D eigenvalue weighted by atomic mass is 10.0. The Morgan fingerprint density at radius 3 is 2.52 bits per heavy atom. The molecule has 2 amide bonds. The summed E-state index contributed by atoms with van der Waals surface area (Å²) in [6.07, 6.45) is 1.58. The molecule has 0 spiro atoms. The highest BCUT2D eigenvalue weighted by molar-refractivity contribution is 8.03. The van der Waals surface area contributed by atoms with Gasteiger partial charge in [-0.05, 0) is 60.9 Å². The second kappa shape index (κ2) is 8.65. The van der Waals surface area contributed by atoms with E-state index in [0.717, 1.165) is 21.8 Å². The number of ether oxygens (including phenoxy) is 1. The van der Waals surface area contributed by atoms with E-state index in [1.54, 1.807) is 30.5 Å². The van der Waals surface area contributed by atoms with Crippen LogP contribution in [0.1, 0.15) is 22.5 Å². The van der Waals surface area contributed by atoms with Crippen LogP contribution in [0.3, 0.4) is 0 Å².